The Morgan fingerprint density at radius 2 is 2.57 bits per heavy atom. The molecule has 2 atom stereocenters. The Bertz CT molecular complexity index is 121. The first-order valence-corrected chi connectivity index (χ1v) is 2.95. The van der Waals surface area contributed by atoms with Gasteiger partial charge in [-0.15, -0.1) is 0 Å². The van der Waals surface area contributed by atoms with E-state index in [9.17, 15) is 0 Å². The van der Waals surface area contributed by atoms with Gasteiger partial charge in [0.2, 0.25) is 0 Å². The van der Waals surface area contributed by atoms with Crippen molar-refractivity contribution in [3.63, 3.8) is 0 Å². The number of hydrogen-bond acceptors (Lipinski definition) is 2. The summed E-state index contributed by atoms with van der Waals surface area (Å²) < 4.78 is 5.05. The monoisotopic (exact) mass is 114 g/mol. The molecule has 0 aromatic rings. The van der Waals surface area contributed by atoms with E-state index >= 15 is 0 Å². The fourth-order valence-electron chi connectivity index (χ4n) is 1.02. The van der Waals surface area contributed by atoms with Crippen LogP contribution in [-0.2, 0) is 4.74 Å². The van der Waals surface area contributed by atoms with Gasteiger partial charge >= 0.3 is 0 Å². The van der Waals surface area contributed by atoms with Crippen LogP contribution in [0.4, 0.5) is 0 Å². The van der Waals surface area contributed by atoms with Crippen LogP contribution in [0.25, 0.3) is 0 Å². The molecule has 0 unspecified atom stereocenters. The Labute approximate surface area is 47.7 Å². The molecule has 7 heavy (non-hydrogen) atoms. The summed E-state index contributed by atoms with van der Waals surface area (Å²) in [6, 6.07) is 0. The molecule has 0 aromatic heterocycles. The SMILES string of the molecule is S=C1OC[C@@H]2C[C@H]12. The molecule has 2 aliphatic rings. The van der Waals surface area contributed by atoms with Gasteiger partial charge in [-0.1, -0.05) is 0 Å². The average molecular weight is 114 g/mol. The number of thiocarbonyl (C=S) groups is 1. The van der Waals surface area contributed by atoms with E-state index in [2.05, 4.69) is 0 Å². The number of rotatable bonds is 0. The zero-order chi connectivity index (χ0) is 4.85. The molecule has 0 N–H and O–H groups in total. The van der Waals surface area contributed by atoms with Gasteiger partial charge in [0.05, 0.1) is 6.61 Å². The van der Waals surface area contributed by atoms with E-state index in [1.807, 2.05) is 0 Å². The molecule has 1 aliphatic carbocycles. The molecule has 0 bridgehead atoms. The van der Waals surface area contributed by atoms with Gasteiger partial charge in [0.25, 0.3) is 0 Å². The number of fused-ring (bicyclic) bond motifs is 1. The van der Waals surface area contributed by atoms with Gasteiger partial charge in [0, 0.05) is 11.8 Å². The lowest BCUT2D eigenvalue weighted by Crippen LogP contribution is -1.94. The van der Waals surface area contributed by atoms with Crippen LogP contribution in [0.15, 0.2) is 0 Å². The lowest BCUT2D eigenvalue weighted by atomic mass is 10.4. The van der Waals surface area contributed by atoms with Gasteiger partial charge in [-0.25, -0.2) is 0 Å². The summed E-state index contributed by atoms with van der Waals surface area (Å²) in [5.74, 6) is 1.52. The largest absolute Gasteiger partial charge is 0.486 e. The third-order valence-corrected chi connectivity index (χ3v) is 2.09. The minimum absolute atomic E-state index is 0.690. The first kappa shape index (κ1) is 3.84. The molecule has 1 heterocycles. The number of hydrogen-bond donors (Lipinski definition) is 0. The minimum Gasteiger partial charge on any atom is -0.486 e. The summed E-state index contributed by atoms with van der Waals surface area (Å²) in [6.07, 6.45) is 1.30. The maximum absolute atomic E-state index is 5.05. The van der Waals surface area contributed by atoms with Crippen LogP contribution in [-0.4, -0.2) is 11.7 Å². The highest BCUT2D eigenvalue weighted by molar-refractivity contribution is 7.80. The molecule has 1 saturated carbocycles. The second-order valence-corrected chi connectivity index (χ2v) is 2.63. The molecule has 2 rings (SSSR count). The Morgan fingerprint density at radius 3 is 2.71 bits per heavy atom. The Morgan fingerprint density at radius 1 is 1.71 bits per heavy atom. The third-order valence-electron chi connectivity index (χ3n) is 1.67. The smallest absolute Gasteiger partial charge is 0.163 e. The summed E-state index contributed by atoms with van der Waals surface area (Å²) in [7, 11) is 0. The van der Waals surface area contributed by atoms with Crippen LogP contribution in [0.1, 0.15) is 6.42 Å². The molecular weight excluding hydrogens is 108 g/mol. The molecule has 1 saturated heterocycles. The second-order valence-electron chi connectivity index (χ2n) is 2.23. The highest BCUT2D eigenvalue weighted by Crippen LogP contribution is 2.45. The van der Waals surface area contributed by atoms with Crippen molar-refractivity contribution in [2.75, 3.05) is 6.61 Å². The van der Waals surface area contributed by atoms with E-state index in [0.29, 0.717) is 5.92 Å². The summed E-state index contributed by atoms with van der Waals surface area (Å²) in [4.78, 5) is 0. The normalized spacial score (nSPS) is 45.4. The van der Waals surface area contributed by atoms with Gasteiger partial charge in [-0.2, -0.15) is 0 Å². The van der Waals surface area contributed by atoms with Gasteiger partial charge in [0.1, 0.15) is 0 Å². The zero-order valence-electron chi connectivity index (χ0n) is 3.89. The molecule has 1 nitrogen and oxygen atoms in total. The van der Waals surface area contributed by atoms with Crippen molar-refractivity contribution in [2.24, 2.45) is 11.8 Å². The van der Waals surface area contributed by atoms with Gasteiger partial charge < -0.3 is 4.74 Å². The van der Waals surface area contributed by atoms with Crippen molar-refractivity contribution in [1.29, 1.82) is 0 Å². The van der Waals surface area contributed by atoms with Crippen LogP contribution < -0.4 is 0 Å². The predicted molar refractivity (Wildman–Crippen MR) is 30.1 cm³/mol. The Hall–Kier alpha value is -0.110. The quantitative estimate of drug-likeness (QED) is 0.434. The summed E-state index contributed by atoms with van der Waals surface area (Å²) >= 11 is 4.86. The van der Waals surface area contributed by atoms with Crippen LogP contribution in [0.2, 0.25) is 0 Å². The van der Waals surface area contributed by atoms with E-state index in [0.717, 1.165) is 17.6 Å². The average Bonchev–Trinajstić information content (AvgIpc) is 2.33. The lowest BCUT2D eigenvalue weighted by molar-refractivity contribution is 0.321. The zero-order valence-corrected chi connectivity index (χ0v) is 4.70. The van der Waals surface area contributed by atoms with Crippen molar-refractivity contribution >= 4 is 17.3 Å². The number of ether oxygens (including phenoxy) is 1. The first-order chi connectivity index (χ1) is 3.38. The molecule has 2 heteroatoms. The fraction of sp³-hybridized carbons (Fsp3) is 0.800. The second kappa shape index (κ2) is 0.996. The maximum Gasteiger partial charge on any atom is 0.163 e. The van der Waals surface area contributed by atoms with Crippen molar-refractivity contribution in [2.45, 2.75) is 6.42 Å². The standard InChI is InChI=1S/C5H6OS/c7-5-4-1-3(4)2-6-5/h3-4H,1-2H2/t3-,4-/m0/s1. The summed E-state index contributed by atoms with van der Waals surface area (Å²) in [5.41, 5.74) is 0. The predicted octanol–water partition coefficient (Wildman–Crippen LogP) is 0.980. The van der Waals surface area contributed by atoms with E-state index in [1.54, 1.807) is 0 Å². The molecular formula is C5H6OS. The van der Waals surface area contributed by atoms with Crippen molar-refractivity contribution in [3.05, 3.63) is 0 Å². The maximum atomic E-state index is 5.05. The highest BCUT2D eigenvalue weighted by atomic mass is 32.1. The first-order valence-electron chi connectivity index (χ1n) is 2.54. The van der Waals surface area contributed by atoms with Crippen molar-refractivity contribution in [1.82, 2.24) is 0 Å². The molecule has 38 valence electrons. The van der Waals surface area contributed by atoms with E-state index < -0.39 is 0 Å². The van der Waals surface area contributed by atoms with Crippen LogP contribution in [0.3, 0.4) is 0 Å². The molecule has 1 aliphatic heterocycles. The third kappa shape index (κ3) is 0.402. The van der Waals surface area contributed by atoms with Crippen LogP contribution in [0, 0.1) is 11.8 Å². The molecule has 0 amide bonds. The van der Waals surface area contributed by atoms with E-state index in [-0.39, 0.29) is 0 Å². The molecule has 0 spiro atoms. The van der Waals surface area contributed by atoms with E-state index in [4.69, 9.17) is 17.0 Å². The van der Waals surface area contributed by atoms with Crippen molar-refractivity contribution < 1.29 is 4.74 Å². The summed E-state index contributed by atoms with van der Waals surface area (Å²) in [5, 5.41) is 0.866. The summed E-state index contributed by atoms with van der Waals surface area (Å²) in [6.45, 7) is 0.906. The Balaban J connectivity index is 2.21. The molecule has 0 radical (unpaired) electrons. The highest BCUT2D eigenvalue weighted by Gasteiger charge is 2.47. The minimum atomic E-state index is 0.690. The van der Waals surface area contributed by atoms with Crippen LogP contribution >= 0.6 is 12.2 Å². The topological polar surface area (TPSA) is 9.23 Å². The van der Waals surface area contributed by atoms with Gasteiger partial charge in [-0.05, 0) is 18.6 Å². The van der Waals surface area contributed by atoms with Gasteiger partial charge in [-0.3, -0.25) is 0 Å². The lowest BCUT2D eigenvalue weighted by Gasteiger charge is -1.93. The molecule has 2 fully saturated rings. The Kier molecular flexibility index (Phi) is 0.546. The fourth-order valence-corrected chi connectivity index (χ4v) is 1.37. The van der Waals surface area contributed by atoms with Crippen LogP contribution in [0.5, 0.6) is 0 Å². The van der Waals surface area contributed by atoms with E-state index in [1.165, 1.54) is 6.42 Å². The molecule has 0 aromatic carbocycles. The van der Waals surface area contributed by atoms with Gasteiger partial charge in [0.15, 0.2) is 5.05 Å². The van der Waals surface area contributed by atoms with Crippen molar-refractivity contribution in [3.8, 4) is 0 Å².